The Morgan fingerprint density at radius 1 is 1.00 bits per heavy atom. The number of aromatic hydroxyl groups is 1. The SMILES string of the molecule is CCOc1cc(NC(=O)c2cc3ccccc3c(N=Nc3cc(CC)c(Cl)cc3S(=O)(=O)O)c2O)ccc1Cl. The van der Waals surface area contributed by atoms with Crippen molar-refractivity contribution >= 4 is 67.1 Å². The number of carbonyl (C=O) groups is 1. The van der Waals surface area contributed by atoms with Crippen LogP contribution >= 0.6 is 23.2 Å². The van der Waals surface area contributed by atoms with E-state index >= 15 is 0 Å². The number of rotatable bonds is 8. The van der Waals surface area contributed by atoms with Crippen molar-refractivity contribution in [1.29, 1.82) is 0 Å². The number of fused-ring (bicyclic) bond motifs is 1. The highest BCUT2D eigenvalue weighted by Crippen LogP contribution is 2.41. The molecule has 0 unspecified atom stereocenters. The lowest BCUT2D eigenvalue weighted by atomic mass is 10.0. The van der Waals surface area contributed by atoms with Gasteiger partial charge in [0.2, 0.25) is 0 Å². The lowest BCUT2D eigenvalue weighted by Gasteiger charge is -2.13. The average Bonchev–Trinajstić information content (AvgIpc) is 2.89. The van der Waals surface area contributed by atoms with Crippen LogP contribution in [0.1, 0.15) is 29.8 Å². The summed E-state index contributed by atoms with van der Waals surface area (Å²) in [5.41, 5.74) is 0.612. The highest BCUT2D eigenvalue weighted by molar-refractivity contribution is 7.86. The van der Waals surface area contributed by atoms with E-state index in [0.717, 1.165) is 6.07 Å². The van der Waals surface area contributed by atoms with Gasteiger partial charge >= 0.3 is 0 Å². The number of azo groups is 1. The van der Waals surface area contributed by atoms with Gasteiger partial charge in [-0.1, -0.05) is 54.4 Å². The van der Waals surface area contributed by atoms with Crippen LogP contribution in [-0.2, 0) is 16.5 Å². The van der Waals surface area contributed by atoms with E-state index in [1.165, 1.54) is 12.1 Å². The molecule has 0 saturated heterocycles. The third kappa shape index (κ3) is 6.15. The summed E-state index contributed by atoms with van der Waals surface area (Å²) in [7, 11) is -4.69. The number of hydrogen-bond acceptors (Lipinski definition) is 7. The van der Waals surface area contributed by atoms with Gasteiger partial charge in [-0.2, -0.15) is 8.42 Å². The molecule has 4 rings (SSSR count). The first-order chi connectivity index (χ1) is 18.5. The zero-order valence-electron chi connectivity index (χ0n) is 20.8. The van der Waals surface area contributed by atoms with Gasteiger partial charge in [-0.15, -0.1) is 10.2 Å². The van der Waals surface area contributed by atoms with Crippen molar-refractivity contribution in [2.24, 2.45) is 10.2 Å². The maximum Gasteiger partial charge on any atom is 0.296 e. The summed E-state index contributed by atoms with van der Waals surface area (Å²) >= 11 is 12.3. The van der Waals surface area contributed by atoms with Gasteiger partial charge in [-0.25, -0.2) is 0 Å². The Labute approximate surface area is 234 Å². The number of benzene rings is 4. The second-order valence-corrected chi connectivity index (χ2v) is 10.5. The molecule has 12 heteroatoms. The first-order valence-corrected chi connectivity index (χ1v) is 13.9. The minimum Gasteiger partial charge on any atom is -0.505 e. The van der Waals surface area contributed by atoms with E-state index in [-0.39, 0.29) is 22.0 Å². The Balaban J connectivity index is 1.81. The molecule has 0 fully saturated rings. The fraction of sp³-hybridized carbons (Fsp3) is 0.148. The van der Waals surface area contributed by atoms with Gasteiger partial charge in [-0.3, -0.25) is 9.35 Å². The molecule has 39 heavy (non-hydrogen) atoms. The Hall–Kier alpha value is -3.70. The molecule has 0 aliphatic carbocycles. The van der Waals surface area contributed by atoms with Crippen molar-refractivity contribution in [3.63, 3.8) is 0 Å². The number of amides is 1. The van der Waals surface area contributed by atoms with Gasteiger partial charge in [0.1, 0.15) is 22.0 Å². The van der Waals surface area contributed by atoms with Crippen molar-refractivity contribution < 1.29 is 27.6 Å². The summed E-state index contributed by atoms with van der Waals surface area (Å²) in [4.78, 5) is 12.7. The predicted octanol–water partition coefficient (Wildman–Crippen LogP) is 7.73. The molecule has 4 aromatic carbocycles. The van der Waals surface area contributed by atoms with Crippen LogP contribution in [0, 0.1) is 0 Å². The molecule has 4 aromatic rings. The number of carbonyl (C=O) groups excluding carboxylic acids is 1. The largest absolute Gasteiger partial charge is 0.505 e. The van der Waals surface area contributed by atoms with Crippen LogP contribution < -0.4 is 10.1 Å². The van der Waals surface area contributed by atoms with Crippen LogP contribution in [0.3, 0.4) is 0 Å². The molecule has 0 radical (unpaired) electrons. The van der Waals surface area contributed by atoms with Gasteiger partial charge in [0, 0.05) is 22.2 Å². The van der Waals surface area contributed by atoms with E-state index in [2.05, 4.69) is 15.5 Å². The maximum atomic E-state index is 13.2. The Morgan fingerprint density at radius 2 is 1.74 bits per heavy atom. The second-order valence-electron chi connectivity index (χ2n) is 8.31. The quantitative estimate of drug-likeness (QED) is 0.142. The summed E-state index contributed by atoms with van der Waals surface area (Å²) < 4.78 is 39.1. The summed E-state index contributed by atoms with van der Waals surface area (Å²) in [6.45, 7) is 4.00. The molecular formula is C27H23Cl2N3O6S. The third-order valence-electron chi connectivity index (χ3n) is 5.77. The van der Waals surface area contributed by atoms with Gasteiger partial charge in [0.15, 0.2) is 5.75 Å². The van der Waals surface area contributed by atoms with Crippen molar-refractivity contribution in [2.75, 3.05) is 11.9 Å². The van der Waals surface area contributed by atoms with E-state index in [9.17, 15) is 22.9 Å². The summed E-state index contributed by atoms with van der Waals surface area (Å²) in [5, 5.41) is 23.5. The van der Waals surface area contributed by atoms with E-state index in [4.69, 9.17) is 27.9 Å². The molecule has 202 valence electrons. The zero-order chi connectivity index (χ0) is 28.3. The zero-order valence-corrected chi connectivity index (χ0v) is 23.1. The normalized spacial score (nSPS) is 11.7. The van der Waals surface area contributed by atoms with Crippen LogP contribution in [0.15, 0.2) is 75.8 Å². The third-order valence-corrected chi connectivity index (χ3v) is 7.32. The van der Waals surface area contributed by atoms with Crippen molar-refractivity contribution in [2.45, 2.75) is 25.2 Å². The molecule has 0 aromatic heterocycles. The predicted molar refractivity (Wildman–Crippen MR) is 151 cm³/mol. The van der Waals surface area contributed by atoms with Crippen molar-refractivity contribution in [3.05, 3.63) is 81.8 Å². The number of phenolic OH excluding ortho intramolecular Hbond substituents is 1. The number of nitrogens with one attached hydrogen (secondary N) is 1. The Morgan fingerprint density at radius 3 is 2.44 bits per heavy atom. The fourth-order valence-electron chi connectivity index (χ4n) is 3.88. The molecule has 0 aliphatic rings. The standard InChI is InChI=1S/C27H23Cl2N3O6S/c1-3-15-12-22(24(14-21(15)29)39(35,36)37)31-32-25-18-8-6-5-7-16(18)11-19(26(25)33)27(34)30-17-9-10-20(28)23(13-17)38-4-2/h5-14,33H,3-4H2,1-2H3,(H,30,34)(H,35,36,37). The molecule has 3 N–H and O–H groups in total. The van der Waals surface area contributed by atoms with Gasteiger partial charge < -0.3 is 15.2 Å². The van der Waals surface area contributed by atoms with E-state index in [1.54, 1.807) is 49.4 Å². The monoisotopic (exact) mass is 587 g/mol. The maximum absolute atomic E-state index is 13.2. The molecule has 9 nitrogen and oxygen atoms in total. The Kier molecular flexibility index (Phi) is 8.41. The number of halogens is 2. The Bertz CT molecular complexity index is 1720. The number of hydrogen-bond donors (Lipinski definition) is 3. The summed E-state index contributed by atoms with van der Waals surface area (Å²) in [5.74, 6) is -0.733. The van der Waals surface area contributed by atoms with Gasteiger partial charge in [-0.05, 0) is 54.6 Å². The number of ether oxygens (including phenoxy) is 1. The molecule has 1 amide bonds. The van der Waals surface area contributed by atoms with Crippen LogP contribution in [0.4, 0.5) is 17.1 Å². The number of phenols is 1. The molecule has 0 saturated carbocycles. The lowest BCUT2D eigenvalue weighted by Crippen LogP contribution is -2.12. The highest BCUT2D eigenvalue weighted by Gasteiger charge is 2.21. The first-order valence-electron chi connectivity index (χ1n) is 11.7. The van der Waals surface area contributed by atoms with E-state index in [0.29, 0.717) is 45.8 Å². The van der Waals surface area contributed by atoms with Crippen LogP contribution in [0.25, 0.3) is 10.8 Å². The fourth-order valence-corrected chi connectivity index (χ4v) is 5.05. The molecule has 0 atom stereocenters. The van der Waals surface area contributed by atoms with Crippen molar-refractivity contribution in [3.8, 4) is 11.5 Å². The van der Waals surface area contributed by atoms with E-state index < -0.39 is 26.7 Å². The number of anilines is 1. The molecule has 0 spiro atoms. The minimum absolute atomic E-state index is 0.0707. The van der Waals surface area contributed by atoms with Gasteiger partial charge in [0.05, 0.1) is 17.2 Å². The lowest BCUT2D eigenvalue weighted by molar-refractivity contribution is 0.102. The van der Waals surface area contributed by atoms with Crippen LogP contribution in [0.5, 0.6) is 11.5 Å². The average molecular weight is 588 g/mol. The molecule has 0 heterocycles. The van der Waals surface area contributed by atoms with E-state index in [1.807, 2.05) is 6.92 Å². The van der Waals surface area contributed by atoms with Gasteiger partial charge in [0.25, 0.3) is 16.0 Å². The number of nitrogens with zero attached hydrogens (tertiary/aromatic N) is 2. The molecular weight excluding hydrogens is 565 g/mol. The summed E-state index contributed by atoms with van der Waals surface area (Å²) in [6, 6.07) is 15.6. The minimum atomic E-state index is -4.69. The molecule has 0 aliphatic heterocycles. The smallest absolute Gasteiger partial charge is 0.296 e. The first kappa shape index (κ1) is 28.3. The van der Waals surface area contributed by atoms with Crippen LogP contribution in [0.2, 0.25) is 10.0 Å². The number of aryl methyl sites for hydroxylation is 1. The highest BCUT2D eigenvalue weighted by atomic mass is 35.5. The van der Waals surface area contributed by atoms with Crippen molar-refractivity contribution in [1.82, 2.24) is 0 Å². The molecule has 0 bridgehead atoms. The van der Waals surface area contributed by atoms with Crippen LogP contribution in [-0.4, -0.2) is 30.6 Å². The second kappa shape index (κ2) is 11.6. The topological polar surface area (TPSA) is 138 Å². The summed E-state index contributed by atoms with van der Waals surface area (Å²) in [6.07, 6.45) is 0.465.